The van der Waals surface area contributed by atoms with Crippen molar-refractivity contribution in [2.45, 2.75) is 13.3 Å². The molecule has 1 aromatic heterocycles. The highest BCUT2D eigenvalue weighted by Gasteiger charge is 2.41. The number of benzene rings is 1. The minimum atomic E-state index is 0.000489. The molecule has 0 radical (unpaired) electrons. The fourth-order valence-corrected chi connectivity index (χ4v) is 4.41. The van der Waals surface area contributed by atoms with E-state index in [-0.39, 0.29) is 11.8 Å². The van der Waals surface area contributed by atoms with Gasteiger partial charge in [0.15, 0.2) is 0 Å². The standard InChI is InChI=1S/C21H25ClN4O2/c1-14-4-5-17(9-18(14)22)24-20(27)6-8-25-10-15-12-26(13-16(15)11-25)21(28)19-3-2-7-23-19/h2-5,7,9,15-16,23H,6,8,10-13H2,1H3,(H,24,27). The normalized spacial score (nSPS) is 21.7. The highest BCUT2D eigenvalue weighted by atomic mass is 35.5. The number of likely N-dealkylation sites (tertiary alicyclic amines) is 2. The van der Waals surface area contributed by atoms with Crippen molar-refractivity contribution in [1.82, 2.24) is 14.8 Å². The number of hydrogen-bond donors (Lipinski definition) is 2. The van der Waals surface area contributed by atoms with Gasteiger partial charge in [0.25, 0.3) is 5.91 Å². The molecule has 28 heavy (non-hydrogen) atoms. The lowest BCUT2D eigenvalue weighted by Gasteiger charge is -2.21. The second-order valence-corrected chi connectivity index (χ2v) is 8.24. The van der Waals surface area contributed by atoms with Crippen molar-refractivity contribution in [2.75, 3.05) is 38.0 Å². The van der Waals surface area contributed by atoms with Crippen molar-refractivity contribution in [2.24, 2.45) is 11.8 Å². The molecule has 2 N–H and O–H groups in total. The third kappa shape index (κ3) is 4.08. The zero-order valence-electron chi connectivity index (χ0n) is 16.0. The van der Waals surface area contributed by atoms with Gasteiger partial charge in [-0.05, 0) is 48.6 Å². The first kappa shape index (κ1) is 19.0. The molecule has 4 rings (SSSR count). The Balaban J connectivity index is 1.22. The van der Waals surface area contributed by atoms with Crippen LogP contribution in [0.4, 0.5) is 5.69 Å². The van der Waals surface area contributed by atoms with Crippen LogP contribution >= 0.6 is 11.6 Å². The molecule has 6 nitrogen and oxygen atoms in total. The van der Waals surface area contributed by atoms with Crippen LogP contribution in [-0.2, 0) is 4.79 Å². The van der Waals surface area contributed by atoms with E-state index in [0.29, 0.717) is 29.0 Å². The lowest BCUT2D eigenvalue weighted by Crippen LogP contribution is -2.34. The summed E-state index contributed by atoms with van der Waals surface area (Å²) in [5.41, 5.74) is 2.38. The van der Waals surface area contributed by atoms with E-state index in [1.165, 1.54) is 0 Å². The molecule has 7 heteroatoms. The lowest BCUT2D eigenvalue weighted by molar-refractivity contribution is -0.116. The van der Waals surface area contributed by atoms with E-state index in [2.05, 4.69) is 15.2 Å². The fourth-order valence-electron chi connectivity index (χ4n) is 4.23. The van der Waals surface area contributed by atoms with Crippen molar-refractivity contribution in [3.8, 4) is 0 Å². The van der Waals surface area contributed by atoms with Crippen molar-refractivity contribution >= 4 is 29.1 Å². The number of carbonyl (C=O) groups is 2. The van der Waals surface area contributed by atoms with E-state index < -0.39 is 0 Å². The van der Waals surface area contributed by atoms with E-state index in [1.807, 2.05) is 36.1 Å². The number of fused-ring (bicyclic) bond motifs is 1. The predicted octanol–water partition coefficient (Wildman–Crippen LogP) is 3.01. The molecule has 2 fully saturated rings. The maximum atomic E-state index is 12.5. The summed E-state index contributed by atoms with van der Waals surface area (Å²) in [7, 11) is 0. The molecule has 0 aliphatic carbocycles. The number of rotatable bonds is 5. The average Bonchev–Trinajstić information content (AvgIpc) is 3.38. The maximum absolute atomic E-state index is 12.5. The third-order valence-electron chi connectivity index (χ3n) is 5.79. The van der Waals surface area contributed by atoms with Crippen LogP contribution in [0.5, 0.6) is 0 Å². The Kier molecular flexibility index (Phi) is 5.42. The Morgan fingerprint density at radius 1 is 1.18 bits per heavy atom. The number of amides is 2. The maximum Gasteiger partial charge on any atom is 0.270 e. The minimum Gasteiger partial charge on any atom is -0.357 e. The number of nitrogens with zero attached hydrogens (tertiary/aromatic N) is 2. The number of H-pyrrole nitrogens is 1. The monoisotopic (exact) mass is 400 g/mol. The van der Waals surface area contributed by atoms with Crippen molar-refractivity contribution in [1.29, 1.82) is 0 Å². The Morgan fingerprint density at radius 3 is 2.57 bits per heavy atom. The molecule has 148 valence electrons. The molecule has 2 aromatic rings. The number of hydrogen-bond acceptors (Lipinski definition) is 3. The molecule has 2 saturated heterocycles. The largest absolute Gasteiger partial charge is 0.357 e. The second-order valence-electron chi connectivity index (χ2n) is 7.84. The van der Waals surface area contributed by atoms with Gasteiger partial charge < -0.3 is 20.1 Å². The lowest BCUT2D eigenvalue weighted by atomic mass is 10.0. The number of nitrogens with one attached hydrogen (secondary N) is 2. The smallest absolute Gasteiger partial charge is 0.270 e. The van der Waals surface area contributed by atoms with Gasteiger partial charge in [0.1, 0.15) is 5.69 Å². The van der Waals surface area contributed by atoms with Gasteiger partial charge in [-0.2, -0.15) is 0 Å². The quantitative estimate of drug-likeness (QED) is 0.810. The summed E-state index contributed by atoms with van der Waals surface area (Å²) in [4.78, 5) is 32.0. The topological polar surface area (TPSA) is 68.4 Å². The third-order valence-corrected chi connectivity index (χ3v) is 6.20. The van der Waals surface area contributed by atoms with Gasteiger partial charge in [-0.1, -0.05) is 17.7 Å². The Labute approximate surface area is 169 Å². The minimum absolute atomic E-state index is 0.000489. The zero-order valence-corrected chi connectivity index (χ0v) is 16.7. The van der Waals surface area contributed by atoms with Crippen LogP contribution in [0, 0.1) is 18.8 Å². The molecular weight excluding hydrogens is 376 g/mol. The first-order chi connectivity index (χ1) is 13.5. The van der Waals surface area contributed by atoms with Gasteiger partial charge in [0, 0.05) is 56.1 Å². The number of halogens is 1. The molecule has 2 aliphatic heterocycles. The van der Waals surface area contributed by atoms with Gasteiger partial charge in [-0.15, -0.1) is 0 Å². The van der Waals surface area contributed by atoms with Crippen molar-refractivity contribution in [3.63, 3.8) is 0 Å². The number of aryl methyl sites for hydroxylation is 1. The van der Waals surface area contributed by atoms with Gasteiger partial charge in [0.05, 0.1) is 0 Å². The fraction of sp³-hybridized carbons (Fsp3) is 0.429. The van der Waals surface area contributed by atoms with Gasteiger partial charge >= 0.3 is 0 Å². The molecule has 0 saturated carbocycles. The van der Waals surface area contributed by atoms with Crippen LogP contribution < -0.4 is 5.32 Å². The number of aromatic nitrogens is 1. The van der Waals surface area contributed by atoms with Crippen LogP contribution in [0.15, 0.2) is 36.5 Å². The summed E-state index contributed by atoms with van der Waals surface area (Å²) in [5.74, 6) is 1.08. The van der Waals surface area contributed by atoms with Crippen molar-refractivity contribution in [3.05, 3.63) is 52.8 Å². The molecule has 3 heterocycles. The number of anilines is 1. The zero-order chi connectivity index (χ0) is 19.7. The highest BCUT2D eigenvalue weighted by Crippen LogP contribution is 2.31. The Hall–Kier alpha value is -2.31. The van der Waals surface area contributed by atoms with E-state index in [9.17, 15) is 9.59 Å². The van der Waals surface area contributed by atoms with Gasteiger partial charge in [-0.25, -0.2) is 0 Å². The summed E-state index contributed by atoms with van der Waals surface area (Å²) >= 11 is 6.11. The molecule has 2 unspecified atom stereocenters. The summed E-state index contributed by atoms with van der Waals surface area (Å²) < 4.78 is 0. The summed E-state index contributed by atoms with van der Waals surface area (Å²) in [6.45, 7) is 6.17. The first-order valence-corrected chi connectivity index (χ1v) is 10.1. The van der Waals surface area contributed by atoms with Gasteiger partial charge in [0.2, 0.25) is 5.91 Å². The average molecular weight is 401 g/mol. The molecule has 0 spiro atoms. The Bertz CT molecular complexity index is 853. The van der Waals surface area contributed by atoms with E-state index in [0.717, 1.165) is 44.0 Å². The second kappa shape index (κ2) is 7.97. The van der Waals surface area contributed by atoms with E-state index >= 15 is 0 Å². The van der Waals surface area contributed by atoms with Crippen LogP contribution in [-0.4, -0.2) is 59.3 Å². The van der Waals surface area contributed by atoms with Crippen LogP contribution in [0.2, 0.25) is 5.02 Å². The van der Waals surface area contributed by atoms with Crippen molar-refractivity contribution < 1.29 is 9.59 Å². The van der Waals surface area contributed by atoms with Crippen LogP contribution in [0.25, 0.3) is 0 Å². The van der Waals surface area contributed by atoms with Crippen LogP contribution in [0.3, 0.4) is 0 Å². The van der Waals surface area contributed by atoms with Crippen LogP contribution in [0.1, 0.15) is 22.5 Å². The van der Waals surface area contributed by atoms with E-state index in [4.69, 9.17) is 11.6 Å². The number of aromatic amines is 1. The SMILES string of the molecule is Cc1ccc(NC(=O)CCN2CC3CN(C(=O)c4ccc[nH]4)CC3C2)cc1Cl. The first-order valence-electron chi connectivity index (χ1n) is 9.70. The Morgan fingerprint density at radius 2 is 1.93 bits per heavy atom. The summed E-state index contributed by atoms with van der Waals surface area (Å²) in [6.07, 6.45) is 2.23. The molecule has 2 amide bonds. The predicted molar refractivity (Wildman–Crippen MR) is 110 cm³/mol. The molecule has 1 aromatic carbocycles. The van der Waals surface area contributed by atoms with E-state index in [1.54, 1.807) is 12.3 Å². The molecule has 2 atom stereocenters. The number of carbonyl (C=O) groups excluding carboxylic acids is 2. The highest BCUT2D eigenvalue weighted by molar-refractivity contribution is 6.31. The molecular formula is C21H25ClN4O2. The summed E-state index contributed by atoms with van der Waals surface area (Å²) in [5, 5.41) is 3.57. The van der Waals surface area contributed by atoms with Gasteiger partial charge in [-0.3, -0.25) is 9.59 Å². The molecule has 2 aliphatic rings. The summed E-state index contributed by atoms with van der Waals surface area (Å²) in [6, 6.07) is 9.23. The molecule has 0 bridgehead atoms.